The second-order valence-corrected chi connectivity index (χ2v) is 10.6. The van der Waals surface area contributed by atoms with Gasteiger partial charge in [0.05, 0.1) is 28.8 Å². The first-order valence-corrected chi connectivity index (χ1v) is 12.9. The van der Waals surface area contributed by atoms with Gasteiger partial charge in [0, 0.05) is 12.1 Å². The van der Waals surface area contributed by atoms with E-state index in [0.717, 1.165) is 22.7 Å². The molecule has 0 saturated heterocycles. The molecule has 0 spiro atoms. The van der Waals surface area contributed by atoms with Crippen LogP contribution in [0.3, 0.4) is 0 Å². The predicted molar refractivity (Wildman–Crippen MR) is 140 cm³/mol. The Bertz CT molecular complexity index is 1340. The fourth-order valence-electron chi connectivity index (χ4n) is 3.00. The van der Waals surface area contributed by atoms with Gasteiger partial charge in [-0.15, -0.1) is 22.7 Å². The fraction of sp³-hybridized carbons (Fsp3) is 0.333. The van der Waals surface area contributed by atoms with E-state index in [1.165, 1.54) is 6.07 Å². The molecule has 0 bridgehead atoms. The molecule has 11 nitrogen and oxygen atoms in total. The number of anilines is 2. The van der Waals surface area contributed by atoms with E-state index < -0.39 is 29.5 Å². The van der Waals surface area contributed by atoms with Crippen molar-refractivity contribution in [3.05, 3.63) is 40.2 Å². The zero-order valence-electron chi connectivity index (χ0n) is 20.6. The van der Waals surface area contributed by atoms with Crippen LogP contribution >= 0.6 is 22.7 Å². The van der Waals surface area contributed by atoms with Gasteiger partial charge in [-0.2, -0.15) is 0 Å². The molecule has 0 fully saturated rings. The number of alkyl carbamates (subject to hydrolysis) is 1. The molecule has 0 aliphatic heterocycles. The molecule has 37 heavy (non-hydrogen) atoms. The van der Waals surface area contributed by atoms with Gasteiger partial charge in [-0.1, -0.05) is 0 Å². The number of carbonyl (C=O) groups is 5. The molecule has 3 aromatic rings. The number of hydrogen-bond donors (Lipinski definition) is 3. The van der Waals surface area contributed by atoms with Crippen molar-refractivity contribution in [3.63, 3.8) is 0 Å². The largest absolute Gasteiger partial charge is 0.460 e. The first-order valence-electron chi connectivity index (χ1n) is 11.2. The van der Waals surface area contributed by atoms with Crippen molar-refractivity contribution in [2.75, 3.05) is 17.2 Å². The molecule has 0 unspecified atom stereocenters. The molecule has 4 amide bonds. The van der Waals surface area contributed by atoms with Crippen molar-refractivity contribution in [1.82, 2.24) is 10.3 Å². The molecule has 3 N–H and O–H groups in total. The molecular formula is C24H26N4O7S2. The highest BCUT2D eigenvalue weighted by molar-refractivity contribution is 7.20. The second-order valence-electron chi connectivity index (χ2n) is 8.63. The van der Waals surface area contributed by atoms with Crippen LogP contribution in [0.5, 0.6) is 0 Å². The Morgan fingerprint density at radius 1 is 1.00 bits per heavy atom. The van der Waals surface area contributed by atoms with Crippen LogP contribution in [0, 0.1) is 0 Å². The van der Waals surface area contributed by atoms with Gasteiger partial charge in [-0.25, -0.2) is 9.78 Å². The summed E-state index contributed by atoms with van der Waals surface area (Å²) >= 11 is 2.22. The number of aromatic nitrogens is 1. The highest BCUT2D eigenvalue weighted by atomic mass is 32.1. The first-order chi connectivity index (χ1) is 17.4. The van der Waals surface area contributed by atoms with Gasteiger partial charge in [0.1, 0.15) is 10.6 Å². The standard InChI is InChI=1S/C24H26N4O7S2/c1-5-34-23(33)28-19(31)14-10-11-36-21(14)27-20(32)22-26-15-7-6-13(12-16(15)37-22)25-17(29)8-9-18(30)35-24(2,3)4/h6-7,10-12H,5,8-9H2,1-4H3,(H,25,29)(H,27,32)(H,28,31,33). The number of nitrogens with zero attached hydrogens (tertiary/aromatic N) is 1. The third-order valence-electron chi connectivity index (χ3n) is 4.47. The Hall–Kier alpha value is -3.84. The summed E-state index contributed by atoms with van der Waals surface area (Å²) in [7, 11) is 0. The summed E-state index contributed by atoms with van der Waals surface area (Å²) in [5, 5.41) is 9.46. The quantitative estimate of drug-likeness (QED) is 0.348. The number of rotatable bonds is 8. The van der Waals surface area contributed by atoms with Crippen LogP contribution in [0.4, 0.5) is 15.5 Å². The van der Waals surface area contributed by atoms with Gasteiger partial charge in [0.25, 0.3) is 11.8 Å². The first kappa shape index (κ1) is 27.7. The summed E-state index contributed by atoms with van der Waals surface area (Å²) in [4.78, 5) is 65.0. The summed E-state index contributed by atoms with van der Waals surface area (Å²) in [5.74, 6) is -2.04. The van der Waals surface area contributed by atoms with Crippen molar-refractivity contribution in [2.24, 2.45) is 0 Å². The van der Waals surface area contributed by atoms with E-state index >= 15 is 0 Å². The van der Waals surface area contributed by atoms with Gasteiger partial charge < -0.3 is 20.1 Å². The van der Waals surface area contributed by atoms with Crippen LogP contribution in [0.1, 0.15) is 60.7 Å². The third-order valence-corrected chi connectivity index (χ3v) is 6.32. The Morgan fingerprint density at radius 2 is 1.76 bits per heavy atom. The smallest absolute Gasteiger partial charge is 0.414 e. The maximum atomic E-state index is 12.8. The number of amides is 4. The highest BCUT2D eigenvalue weighted by Crippen LogP contribution is 2.28. The van der Waals surface area contributed by atoms with E-state index in [-0.39, 0.29) is 40.9 Å². The molecule has 0 saturated carbocycles. The molecule has 196 valence electrons. The minimum atomic E-state index is -0.880. The third kappa shape index (κ3) is 8.08. The topological polar surface area (TPSA) is 153 Å². The lowest BCUT2D eigenvalue weighted by molar-refractivity contribution is -0.155. The highest BCUT2D eigenvalue weighted by Gasteiger charge is 2.21. The van der Waals surface area contributed by atoms with E-state index in [9.17, 15) is 24.0 Å². The molecule has 0 radical (unpaired) electrons. The number of carbonyl (C=O) groups excluding carboxylic acids is 5. The van der Waals surface area contributed by atoms with Gasteiger partial charge in [0.15, 0.2) is 5.01 Å². The summed E-state index contributed by atoms with van der Waals surface area (Å²) in [6.45, 7) is 6.99. The molecule has 3 rings (SSSR count). The predicted octanol–water partition coefficient (Wildman–Crippen LogP) is 4.56. The minimum Gasteiger partial charge on any atom is -0.460 e. The summed E-state index contributed by atoms with van der Waals surface area (Å²) in [5.41, 5.74) is 0.542. The Morgan fingerprint density at radius 3 is 2.46 bits per heavy atom. The van der Waals surface area contributed by atoms with E-state index in [1.54, 1.807) is 51.3 Å². The van der Waals surface area contributed by atoms with Crippen LogP contribution in [0.2, 0.25) is 0 Å². The molecular weight excluding hydrogens is 520 g/mol. The summed E-state index contributed by atoms with van der Waals surface area (Å²) < 4.78 is 10.6. The van der Waals surface area contributed by atoms with Crippen molar-refractivity contribution in [3.8, 4) is 0 Å². The lowest BCUT2D eigenvalue weighted by Gasteiger charge is -2.19. The zero-order chi connectivity index (χ0) is 27.2. The molecule has 1 aromatic carbocycles. The summed E-state index contributed by atoms with van der Waals surface area (Å²) in [6.07, 6.45) is -0.954. The number of esters is 1. The van der Waals surface area contributed by atoms with Crippen LogP contribution in [-0.4, -0.2) is 47.0 Å². The monoisotopic (exact) mass is 546 g/mol. The number of benzene rings is 1. The van der Waals surface area contributed by atoms with Crippen LogP contribution in [0.15, 0.2) is 29.6 Å². The van der Waals surface area contributed by atoms with Crippen molar-refractivity contribution in [2.45, 2.75) is 46.1 Å². The maximum absolute atomic E-state index is 12.8. The van der Waals surface area contributed by atoms with E-state index in [0.29, 0.717) is 15.9 Å². The van der Waals surface area contributed by atoms with Crippen LogP contribution in [-0.2, 0) is 19.1 Å². The number of thiazole rings is 1. The number of nitrogens with one attached hydrogen (secondary N) is 3. The fourth-order valence-corrected chi connectivity index (χ4v) is 4.68. The van der Waals surface area contributed by atoms with E-state index in [2.05, 4.69) is 20.9 Å². The molecule has 0 aliphatic carbocycles. The minimum absolute atomic E-state index is 0.0316. The normalized spacial score (nSPS) is 11.0. The molecule has 2 heterocycles. The summed E-state index contributed by atoms with van der Waals surface area (Å²) in [6, 6.07) is 6.46. The number of fused-ring (bicyclic) bond motifs is 1. The molecule has 13 heteroatoms. The van der Waals surface area contributed by atoms with E-state index in [1.807, 2.05) is 0 Å². The van der Waals surface area contributed by atoms with Gasteiger partial charge in [0.2, 0.25) is 5.91 Å². The van der Waals surface area contributed by atoms with Gasteiger partial charge >= 0.3 is 12.1 Å². The lowest BCUT2D eigenvalue weighted by Crippen LogP contribution is -2.31. The van der Waals surface area contributed by atoms with Crippen LogP contribution < -0.4 is 16.0 Å². The average Bonchev–Trinajstić information content (AvgIpc) is 3.43. The lowest BCUT2D eigenvalue weighted by atomic mass is 10.2. The Labute approximate surface area is 220 Å². The second kappa shape index (κ2) is 11.9. The molecule has 0 aliphatic rings. The Balaban J connectivity index is 1.62. The number of imide groups is 1. The van der Waals surface area contributed by atoms with Crippen molar-refractivity contribution >= 4 is 73.4 Å². The van der Waals surface area contributed by atoms with Gasteiger partial charge in [-0.05, 0) is 57.3 Å². The van der Waals surface area contributed by atoms with Crippen molar-refractivity contribution < 1.29 is 33.4 Å². The van der Waals surface area contributed by atoms with Gasteiger partial charge in [-0.3, -0.25) is 24.5 Å². The maximum Gasteiger partial charge on any atom is 0.414 e. The molecule has 0 atom stereocenters. The van der Waals surface area contributed by atoms with Crippen LogP contribution in [0.25, 0.3) is 10.2 Å². The van der Waals surface area contributed by atoms with Crippen molar-refractivity contribution in [1.29, 1.82) is 0 Å². The Kier molecular flexibility index (Phi) is 8.95. The number of thiophene rings is 1. The molecule has 2 aromatic heterocycles. The zero-order valence-corrected chi connectivity index (χ0v) is 22.3. The number of ether oxygens (including phenoxy) is 2. The average molecular weight is 547 g/mol. The van der Waals surface area contributed by atoms with E-state index in [4.69, 9.17) is 9.47 Å². The SMILES string of the molecule is CCOC(=O)NC(=O)c1ccsc1NC(=O)c1nc2ccc(NC(=O)CCC(=O)OC(C)(C)C)cc2s1. The number of hydrogen-bond acceptors (Lipinski definition) is 10.